The van der Waals surface area contributed by atoms with Crippen molar-refractivity contribution in [2.24, 2.45) is 0 Å². The van der Waals surface area contributed by atoms with Crippen molar-refractivity contribution in [1.29, 1.82) is 0 Å². The number of anilines is 8. The summed E-state index contributed by atoms with van der Waals surface area (Å²) in [5.74, 6) is 2.15. The number of halogens is 10. The van der Waals surface area contributed by atoms with Crippen molar-refractivity contribution in [1.82, 2.24) is 109 Å². The van der Waals surface area contributed by atoms with Crippen LogP contribution in [-0.4, -0.2) is 282 Å². The van der Waals surface area contributed by atoms with E-state index in [-0.39, 0.29) is 106 Å². The van der Waals surface area contributed by atoms with Crippen LogP contribution in [-0.2, 0) is 43.9 Å². The smallest absolute Gasteiger partial charge is 0.378 e. The van der Waals surface area contributed by atoms with Gasteiger partial charge in [-0.05, 0) is 32.4 Å². The van der Waals surface area contributed by atoms with E-state index in [1.807, 2.05) is 26.5 Å². The SMILES string of the molecule is C[C@H]1CN(c2nc3c(N4CCOCC4)nc(-c4cnc(N)nc4)nc3n2CC(F)(F)F)CCN1.C[C@H]1CN(c2nc3c(N4CCOCC4)nc(-c4cnc(N)nc4)nc3n2CC(F)(F)F)CCN1S(C)(=O)=O.C[C@H]1CNCCN1.Nc1ncc(-c2nc(N3CCOCC3)c3nc(Cl)n(CC(F)(F)F)c3n2)cn1. The Balaban J connectivity index is 0.000000144. The number of morpholine rings is 3. The highest BCUT2D eigenvalue weighted by molar-refractivity contribution is 7.88. The minimum atomic E-state index is -4.57. The second-order valence-corrected chi connectivity index (χ2v) is 28.0. The second kappa shape index (κ2) is 32.6. The average molecular weight is 1550 g/mol. The fourth-order valence-electron chi connectivity index (χ4n) is 12.6. The van der Waals surface area contributed by atoms with Gasteiger partial charge in [-0.1, -0.05) is 0 Å². The number of sulfonamides is 1. The van der Waals surface area contributed by atoms with Crippen LogP contribution in [0.4, 0.5) is 86.7 Å². The molecule has 9 aromatic heterocycles. The summed E-state index contributed by atoms with van der Waals surface area (Å²) in [5.41, 5.74) is 18.7. The third-order valence-corrected chi connectivity index (χ3v) is 19.2. The lowest BCUT2D eigenvalue weighted by Crippen LogP contribution is -2.54. The molecule has 0 unspecified atom stereocenters. The number of nitrogens with one attached hydrogen (secondary N) is 3. The number of alkyl halides is 9. The molecular weight excluding hydrogens is 1470 g/mol. The minimum absolute atomic E-state index is 0.00108. The number of nitrogens with two attached hydrogens (primary N) is 3. The van der Waals surface area contributed by atoms with Gasteiger partial charge in [0.1, 0.15) is 19.6 Å². The molecule has 107 heavy (non-hydrogen) atoms. The van der Waals surface area contributed by atoms with E-state index >= 15 is 0 Å². The van der Waals surface area contributed by atoms with Crippen molar-refractivity contribution in [2.45, 2.75) is 77.1 Å². The highest BCUT2D eigenvalue weighted by Crippen LogP contribution is 2.38. The van der Waals surface area contributed by atoms with Gasteiger partial charge in [0.15, 0.2) is 68.4 Å². The van der Waals surface area contributed by atoms with Crippen LogP contribution in [0.25, 0.3) is 67.7 Å². The van der Waals surface area contributed by atoms with Crippen LogP contribution in [0.1, 0.15) is 20.8 Å². The molecule has 6 aliphatic heterocycles. The number of nitrogens with zero attached hydrogens (tertiary/aromatic N) is 24. The van der Waals surface area contributed by atoms with Gasteiger partial charge in [-0.15, -0.1) is 0 Å². The summed E-state index contributed by atoms with van der Waals surface area (Å²) in [6.45, 7) is 13.3. The molecule has 9 aromatic rings. The summed E-state index contributed by atoms with van der Waals surface area (Å²) in [4.78, 5) is 73.4. The molecule has 578 valence electrons. The number of piperazine rings is 3. The van der Waals surface area contributed by atoms with Gasteiger partial charge in [-0.25, -0.2) is 83.2 Å². The molecule has 0 radical (unpaired) electrons. The normalized spacial score (nSPS) is 19.5. The van der Waals surface area contributed by atoms with Gasteiger partial charge in [0.05, 0.1) is 62.6 Å². The summed E-state index contributed by atoms with van der Waals surface area (Å²) < 4.78 is 167. The van der Waals surface area contributed by atoms with E-state index in [4.69, 9.17) is 43.0 Å². The number of hydrogen-bond acceptors (Lipinski definition) is 31. The Morgan fingerprint density at radius 3 is 1.16 bits per heavy atom. The maximum absolute atomic E-state index is 13.9. The number of fused-ring (bicyclic) bond motifs is 3. The third kappa shape index (κ3) is 19.1. The Kier molecular flexibility index (Phi) is 23.5. The standard InChI is InChI=1S/C21H27F3N10O3S.C20H25F3N10O.C15H14ClF3N8O.C5H12N2/c1-13-11-32(3-4-34(13)38(2,35)36)20-28-15-17(31-5-7-37-8-6-31)29-16(14-9-26-19(25)27-10-14)30-18(15)33(20)12-21(22,23)24;1-12-10-32(3-2-25-12)19-28-14-16(31-4-6-34-7-5-31)29-15(13-8-26-18(24)27-9-13)30-17(14)33(19)11-20(21,22)23;16-13-23-9-11(26-1-3-28-4-2-26)24-10(8-5-21-14(20)22-6-8)25-12(9)27(13)7-15(17,18)19;1-5-4-6-2-3-7-5/h9-10,13H,3-8,11-12H2,1-2H3,(H2,25,26,27);8-9,12,25H,2-7,10-11H2,1H3,(H2,24,26,27);5-6H,1-4,7H2,(H2,20,21,22);5-7H,2-4H2,1H3/t13-;12-;;5-/m00.0/s1. The maximum atomic E-state index is 13.9. The van der Waals surface area contributed by atoms with Crippen LogP contribution < -0.4 is 57.7 Å². The zero-order valence-electron chi connectivity index (χ0n) is 58.4. The first-order valence-corrected chi connectivity index (χ1v) is 36.2. The van der Waals surface area contributed by atoms with E-state index in [2.05, 4.69) is 97.6 Å². The Morgan fingerprint density at radius 2 is 0.822 bits per heavy atom. The number of nitrogen functional groups attached to an aromatic ring is 3. The molecule has 15 rings (SSSR count). The van der Waals surface area contributed by atoms with E-state index in [9.17, 15) is 47.9 Å². The highest BCUT2D eigenvalue weighted by atomic mass is 35.5. The van der Waals surface area contributed by atoms with Crippen LogP contribution in [0.3, 0.4) is 0 Å². The predicted octanol–water partition coefficient (Wildman–Crippen LogP) is 3.28. The summed E-state index contributed by atoms with van der Waals surface area (Å²) in [7, 11) is -3.47. The van der Waals surface area contributed by atoms with Crippen molar-refractivity contribution < 1.29 is 62.1 Å². The maximum Gasteiger partial charge on any atom is 0.406 e. The zero-order valence-corrected chi connectivity index (χ0v) is 59.9. The molecule has 6 saturated heterocycles. The summed E-state index contributed by atoms with van der Waals surface area (Å²) >= 11 is 6.00. The number of rotatable bonds is 12. The summed E-state index contributed by atoms with van der Waals surface area (Å²) in [6, 6.07) is 0.319. The molecule has 46 heteroatoms. The van der Waals surface area contributed by atoms with Crippen LogP contribution in [0.5, 0.6) is 0 Å². The largest absolute Gasteiger partial charge is 0.406 e. The summed E-state index contributed by atoms with van der Waals surface area (Å²) in [5, 5.41) is 9.58. The van der Waals surface area contributed by atoms with E-state index in [1.165, 1.54) is 41.5 Å². The monoisotopic (exact) mass is 1550 g/mol. The van der Waals surface area contributed by atoms with E-state index in [1.54, 1.807) is 11.8 Å². The van der Waals surface area contributed by atoms with E-state index in [0.717, 1.165) is 39.6 Å². The van der Waals surface area contributed by atoms with Gasteiger partial charge in [0.25, 0.3) is 0 Å². The first-order chi connectivity index (χ1) is 50.9. The average Bonchev–Trinajstić information content (AvgIpc) is 1.64. The number of ether oxygens (including phenoxy) is 3. The number of imidazole rings is 3. The molecule has 35 nitrogen and oxygen atoms in total. The van der Waals surface area contributed by atoms with E-state index < -0.39 is 54.2 Å². The molecule has 9 N–H and O–H groups in total. The van der Waals surface area contributed by atoms with Crippen molar-refractivity contribution in [3.8, 4) is 34.2 Å². The molecule has 6 aliphatic rings. The number of hydrogen-bond donors (Lipinski definition) is 6. The quantitative estimate of drug-likeness (QED) is 0.0755. The van der Waals surface area contributed by atoms with Gasteiger partial charge in [-0.3, -0.25) is 13.7 Å². The molecule has 3 atom stereocenters. The van der Waals surface area contributed by atoms with Gasteiger partial charge < -0.3 is 71.9 Å². The molecule has 0 aliphatic carbocycles. The molecule has 0 amide bonds. The van der Waals surface area contributed by atoms with Crippen LogP contribution in [0, 0.1) is 0 Å². The highest BCUT2D eigenvalue weighted by Gasteiger charge is 2.39. The Morgan fingerprint density at radius 1 is 0.458 bits per heavy atom. The second-order valence-electron chi connectivity index (χ2n) is 25.8. The fraction of sp³-hybridized carbons (Fsp3) is 0.557. The lowest BCUT2D eigenvalue weighted by atomic mass is 10.2. The van der Waals surface area contributed by atoms with Crippen LogP contribution in [0.15, 0.2) is 37.2 Å². The third-order valence-electron chi connectivity index (χ3n) is 17.5. The molecule has 0 saturated carbocycles. The lowest BCUT2D eigenvalue weighted by molar-refractivity contribution is -0.140. The zero-order chi connectivity index (χ0) is 76.1. The molecular formula is C61H78ClF9N30O5S. The summed E-state index contributed by atoms with van der Waals surface area (Å²) in [6.07, 6.45) is -3.89. The Hall–Kier alpha value is -9.38. The van der Waals surface area contributed by atoms with Crippen LogP contribution in [0.2, 0.25) is 5.28 Å². The van der Waals surface area contributed by atoms with Crippen molar-refractivity contribution in [2.75, 3.05) is 186 Å². The molecule has 0 spiro atoms. The Labute approximate surface area is 610 Å². The predicted molar refractivity (Wildman–Crippen MR) is 378 cm³/mol. The van der Waals surface area contributed by atoms with Crippen molar-refractivity contribution in [3.63, 3.8) is 0 Å². The molecule has 6 fully saturated rings. The molecule has 0 bridgehead atoms. The molecule has 0 aromatic carbocycles. The lowest BCUT2D eigenvalue weighted by Gasteiger charge is -2.38. The fourth-order valence-corrected chi connectivity index (χ4v) is 14.0. The van der Waals surface area contributed by atoms with Gasteiger partial charge in [0.2, 0.25) is 45.0 Å². The minimum Gasteiger partial charge on any atom is -0.378 e. The number of aromatic nitrogens is 18. The topological polar surface area (TPSA) is 404 Å². The van der Waals surface area contributed by atoms with Gasteiger partial charge in [-0.2, -0.15) is 43.8 Å². The van der Waals surface area contributed by atoms with Crippen molar-refractivity contribution >= 4 is 102 Å². The Bertz CT molecular complexity index is 4630. The van der Waals surface area contributed by atoms with Crippen LogP contribution >= 0.6 is 11.6 Å². The first-order valence-electron chi connectivity index (χ1n) is 34.0. The van der Waals surface area contributed by atoms with Crippen molar-refractivity contribution in [3.05, 3.63) is 42.5 Å². The van der Waals surface area contributed by atoms with Gasteiger partial charge >= 0.3 is 18.5 Å². The first kappa shape index (κ1) is 77.2. The molecule has 15 heterocycles. The van der Waals surface area contributed by atoms with E-state index in [0.29, 0.717) is 144 Å². The van der Waals surface area contributed by atoms with Gasteiger partial charge in [0, 0.05) is 153 Å².